The number of carboxylic acid groups (broad SMARTS) is 1. The number of carboxylic acids is 1. The van der Waals surface area contributed by atoms with E-state index in [0.717, 1.165) is 16.5 Å². The molecule has 2 rings (SSSR count). The average molecular weight is 349 g/mol. The highest BCUT2D eigenvalue weighted by Crippen LogP contribution is 2.26. The standard InChI is InChI=1S/C17H17BrO3/c1-17(2,16(19)20)21-15-5-3-4-14(10-15)13-8-6-12(11-18)7-9-13/h3-10H,11H2,1-2H3,(H,19,20). The van der Waals surface area contributed by atoms with Crippen LogP contribution in [0.1, 0.15) is 19.4 Å². The summed E-state index contributed by atoms with van der Waals surface area (Å²) in [5.74, 6) is -0.445. The zero-order valence-corrected chi connectivity index (χ0v) is 13.6. The fourth-order valence-electron chi connectivity index (χ4n) is 1.86. The van der Waals surface area contributed by atoms with Crippen LogP contribution in [0.2, 0.25) is 0 Å². The summed E-state index contributed by atoms with van der Waals surface area (Å²) >= 11 is 3.42. The van der Waals surface area contributed by atoms with E-state index in [1.54, 1.807) is 6.07 Å². The van der Waals surface area contributed by atoms with E-state index in [-0.39, 0.29) is 0 Å². The van der Waals surface area contributed by atoms with Crippen molar-refractivity contribution in [1.29, 1.82) is 0 Å². The number of rotatable bonds is 5. The minimum atomic E-state index is -1.25. The van der Waals surface area contributed by atoms with Gasteiger partial charge in [-0.1, -0.05) is 52.3 Å². The molecular formula is C17H17BrO3. The fourth-order valence-corrected chi connectivity index (χ4v) is 2.24. The van der Waals surface area contributed by atoms with Crippen molar-refractivity contribution >= 4 is 21.9 Å². The van der Waals surface area contributed by atoms with E-state index in [2.05, 4.69) is 28.1 Å². The van der Waals surface area contributed by atoms with Gasteiger partial charge in [0.1, 0.15) is 5.75 Å². The Bertz CT molecular complexity index is 633. The number of aliphatic carboxylic acids is 1. The van der Waals surface area contributed by atoms with Gasteiger partial charge in [0.2, 0.25) is 0 Å². The molecule has 0 radical (unpaired) electrons. The van der Waals surface area contributed by atoms with E-state index in [1.165, 1.54) is 19.4 Å². The van der Waals surface area contributed by atoms with Crippen LogP contribution in [0.5, 0.6) is 5.75 Å². The number of alkyl halides is 1. The Balaban J connectivity index is 2.26. The summed E-state index contributed by atoms with van der Waals surface area (Å²) in [5.41, 5.74) is 2.02. The van der Waals surface area contributed by atoms with Gasteiger partial charge in [-0.05, 0) is 42.7 Å². The summed E-state index contributed by atoms with van der Waals surface area (Å²) in [6.07, 6.45) is 0. The molecule has 0 spiro atoms. The lowest BCUT2D eigenvalue weighted by Crippen LogP contribution is -2.37. The van der Waals surface area contributed by atoms with Crippen molar-refractivity contribution in [1.82, 2.24) is 0 Å². The smallest absolute Gasteiger partial charge is 0.347 e. The Labute approximate surface area is 132 Å². The first kappa shape index (κ1) is 15.6. The molecule has 0 aliphatic heterocycles. The van der Waals surface area contributed by atoms with Crippen LogP contribution in [-0.4, -0.2) is 16.7 Å². The fraction of sp³-hybridized carbons (Fsp3) is 0.235. The second-order valence-corrected chi connectivity index (χ2v) is 5.84. The lowest BCUT2D eigenvalue weighted by Gasteiger charge is -2.21. The number of carbonyl (C=O) groups is 1. The molecule has 0 heterocycles. The minimum absolute atomic E-state index is 0.546. The molecule has 0 bridgehead atoms. The first-order chi connectivity index (χ1) is 9.92. The molecule has 1 N–H and O–H groups in total. The van der Waals surface area contributed by atoms with Gasteiger partial charge in [0.15, 0.2) is 5.60 Å². The van der Waals surface area contributed by atoms with E-state index in [4.69, 9.17) is 9.84 Å². The van der Waals surface area contributed by atoms with Gasteiger partial charge in [0.25, 0.3) is 0 Å². The summed E-state index contributed by atoms with van der Waals surface area (Å²) in [6, 6.07) is 15.6. The van der Waals surface area contributed by atoms with Crippen LogP contribution in [0.15, 0.2) is 48.5 Å². The first-order valence-corrected chi connectivity index (χ1v) is 7.72. The maximum Gasteiger partial charge on any atom is 0.347 e. The zero-order valence-electron chi connectivity index (χ0n) is 12.0. The van der Waals surface area contributed by atoms with E-state index < -0.39 is 11.6 Å². The predicted molar refractivity (Wildman–Crippen MR) is 86.9 cm³/mol. The molecule has 21 heavy (non-hydrogen) atoms. The number of benzene rings is 2. The maximum atomic E-state index is 11.1. The molecule has 0 saturated heterocycles. The normalized spacial score (nSPS) is 11.2. The highest BCUT2D eigenvalue weighted by atomic mass is 79.9. The van der Waals surface area contributed by atoms with Crippen molar-refractivity contribution < 1.29 is 14.6 Å². The third-order valence-corrected chi connectivity index (χ3v) is 3.81. The van der Waals surface area contributed by atoms with Crippen molar-refractivity contribution in [3.05, 3.63) is 54.1 Å². The Hall–Kier alpha value is -1.81. The lowest BCUT2D eigenvalue weighted by molar-refractivity contribution is -0.152. The molecule has 0 aromatic heterocycles. The van der Waals surface area contributed by atoms with Gasteiger partial charge >= 0.3 is 5.97 Å². The minimum Gasteiger partial charge on any atom is -0.478 e. The van der Waals surface area contributed by atoms with Crippen molar-refractivity contribution in [2.45, 2.75) is 24.8 Å². The van der Waals surface area contributed by atoms with Gasteiger partial charge < -0.3 is 9.84 Å². The second-order valence-electron chi connectivity index (χ2n) is 5.28. The summed E-state index contributed by atoms with van der Waals surface area (Å²) in [6.45, 7) is 3.07. The molecule has 3 nitrogen and oxygen atoms in total. The Morgan fingerprint density at radius 3 is 2.38 bits per heavy atom. The van der Waals surface area contributed by atoms with Crippen molar-refractivity contribution in [3.63, 3.8) is 0 Å². The lowest BCUT2D eigenvalue weighted by atomic mass is 10.0. The van der Waals surface area contributed by atoms with Crippen molar-refractivity contribution in [3.8, 4) is 16.9 Å². The molecule has 0 unspecified atom stereocenters. The quantitative estimate of drug-likeness (QED) is 0.809. The highest BCUT2D eigenvalue weighted by molar-refractivity contribution is 9.08. The van der Waals surface area contributed by atoms with Gasteiger partial charge in [-0.25, -0.2) is 4.79 Å². The number of hydrogen-bond acceptors (Lipinski definition) is 2. The topological polar surface area (TPSA) is 46.5 Å². The van der Waals surface area contributed by atoms with E-state index >= 15 is 0 Å². The van der Waals surface area contributed by atoms with E-state index in [1.807, 2.05) is 30.3 Å². The molecule has 0 saturated carbocycles. The molecule has 0 fully saturated rings. The summed E-state index contributed by atoms with van der Waals surface area (Å²) in [7, 11) is 0. The molecule has 110 valence electrons. The van der Waals surface area contributed by atoms with Crippen molar-refractivity contribution in [2.75, 3.05) is 0 Å². The molecule has 2 aromatic carbocycles. The predicted octanol–water partition coefficient (Wildman–Crippen LogP) is 4.49. The first-order valence-electron chi connectivity index (χ1n) is 6.60. The number of halogens is 1. The van der Waals surface area contributed by atoms with Gasteiger partial charge in [0.05, 0.1) is 0 Å². The molecule has 2 aromatic rings. The largest absolute Gasteiger partial charge is 0.478 e. The van der Waals surface area contributed by atoms with E-state index in [0.29, 0.717) is 5.75 Å². The number of hydrogen-bond donors (Lipinski definition) is 1. The van der Waals surface area contributed by atoms with Crippen LogP contribution < -0.4 is 4.74 Å². The zero-order chi connectivity index (χ0) is 15.5. The van der Waals surface area contributed by atoms with Crippen LogP contribution in [0.4, 0.5) is 0 Å². The molecule has 0 atom stereocenters. The Morgan fingerprint density at radius 1 is 1.14 bits per heavy atom. The van der Waals surface area contributed by atoms with E-state index in [9.17, 15) is 4.79 Å². The van der Waals surface area contributed by atoms with Gasteiger partial charge in [-0.3, -0.25) is 0 Å². The second kappa shape index (κ2) is 6.31. The van der Waals surface area contributed by atoms with Gasteiger partial charge in [-0.15, -0.1) is 0 Å². The third-order valence-electron chi connectivity index (χ3n) is 3.16. The van der Waals surface area contributed by atoms with Gasteiger partial charge in [-0.2, -0.15) is 0 Å². The number of ether oxygens (including phenoxy) is 1. The van der Waals surface area contributed by atoms with Crippen LogP contribution in [-0.2, 0) is 10.1 Å². The molecule has 0 amide bonds. The molecule has 0 aliphatic carbocycles. The summed E-state index contributed by atoms with van der Waals surface area (Å²) < 4.78 is 5.56. The maximum absolute atomic E-state index is 11.1. The molecular weight excluding hydrogens is 332 g/mol. The SMILES string of the molecule is CC(C)(Oc1cccc(-c2ccc(CBr)cc2)c1)C(=O)O. The van der Waals surface area contributed by atoms with Crippen LogP contribution in [0.3, 0.4) is 0 Å². The van der Waals surface area contributed by atoms with Gasteiger partial charge in [0, 0.05) is 5.33 Å². The average Bonchev–Trinajstić information content (AvgIpc) is 2.47. The van der Waals surface area contributed by atoms with Crippen molar-refractivity contribution in [2.24, 2.45) is 0 Å². The highest BCUT2D eigenvalue weighted by Gasteiger charge is 2.29. The van der Waals surface area contributed by atoms with Crippen LogP contribution in [0.25, 0.3) is 11.1 Å². The monoisotopic (exact) mass is 348 g/mol. The Kier molecular flexibility index (Phi) is 4.68. The summed E-state index contributed by atoms with van der Waals surface area (Å²) in [5, 5.41) is 9.94. The molecule has 0 aliphatic rings. The van der Waals surface area contributed by atoms with Crippen LogP contribution in [0, 0.1) is 0 Å². The third kappa shape index (κ3) is 3.85. The van der Waals surface area contributed by atoms with Crippen LogP contribution >= 0.6 is 15.9 Å². The Morgan fingerprint density at radius 2 is 1.81 bits per heavy atom. The summed E-state index contributed by atoms with van der Waals surface area (Å²) in [4.78, 5) is 11.1. The molecule has 4 heteroatoms.